The van der Waals surface area contributed by atoms with Gasteiger partial charge in [-0.05, 0) is 25.5 Å². The zero-order chi connectivity index (χ0) is 8.43. The Balaban J connectivity index is 2.97. The van der Waals surface area contributed by atoms with Crippen LogP contribution in [0.25, 0.3) is 0 Å². The van der Waals surface area contributed by atoms with E-state index in [-0.39, 0.29) is 6.61 Å². The topological polar surface area (TPSA) is 25.2 Å². The van der Waals surface area contributed by atoms with Crippen LogP contribution in [0.5, 0.6) is 0 Å². The van der Waals surface area contributed by atoms with Gasteiger partial charge in [-0.15, -0.1) is 0 Å². The van der Waals surface area contributed by atoms with E-state index in [1.54, 1.807) is 6.07 Å². The van der Waals surface area contributed by atoms with Crippen molar-refractivity contribution in [2.75, 3.05) is 0 Å². The van der Waals surface area contributed by atoms with Crippen molar-refractivity contribution < 1.29 is 5.11 Å². The molecular weight excluding hydrogens is 162 g/mol. The molecule has 0 aliphatic rings. The Morgan fingerprint density at radius 1 is 1.64 bits per heavy atom. The highest BCUT2D eigenvalue weighted by atomic mass is 35.5. The smallest absolute Gasteiger partial charge is 0.109 e. The van der Waals surface area contributed by atoms with Gasteiger partial charge in [0.1, 0.15) is 5.15 Å². The molecule has 0 fully saturated rings. The van der Waals surface area contributed by atoms with Crippen LogP contribution in [0.1, 0.15) is 25.5 Å². The van der Waals surface area contributed by atoms with Crippen molar-refractivity contribution in [1.29, 1.82) is 0 Å². The minimum absolute atomic E-state index is 0.0550. The minimum atomic E-state index is 0.0550. The zero-order valence-electron chi connectivity index (χ0n) is 6.71. The summed E-state index contributed by atoms with van der Waals surface area (Å²) in [4.78, 5) is 0. The molecule has 3 heteroatoms. The maximum atomic E-state index is 8.79. The second kappa shape index (κ2) is 3.28. The van der Waals surface area contributed by atoms with Gasteiger partial charge in [0.25, 0.3) is 0 Å². The fourth-order valence-corrected chi connectivity index (χ4v) is 1.37. The molecule has 0 aliphatic carbocycles. The first-order valence-corrected chi connectivity index (χ1v) is 4.00. The number of aliphatic hydroxyl groups is 1. The van der Waals surface area contributed by atoms with Crippen LogP contribution >= 0.6 is 11.6 Å². The number of hydrogen-bond acceptors (Lipinski definition) is 1. The van der Waals surface area contributed by atoms with Crippen LogP contribution in [0.4, 0.5) is 0 Å². The average molecular weight is 174 g/mol. The second-order valence-corrected chi connectivity index (χ2v) is 3.22. The zero-order valence-corrected chi connectivity index (χ0v) is 7.47. The molecular formula is C8H12ClNO. The Morgan fingerprint density at radius 2 is 2.27 bits per heavy atom. The second-order valence-electron chi connectivity index (χ2n) is 2.83. The Bertz CT molecular complexity index is 242. The van der Waals surface area contributed by atoms with E-state index >= 15 is 0 Å². The fraction of sp³-hybridized carbons (Fsp3) is 0.500. The highest BCUT2D eigenvalue weighted by molar-refractivity contribution is 6.29. The maximum absolute atomic E-state index is 8.79. The van der Waals surface area contributed by atoms with Crippen LogP contribution in [0.15, 0.2) is 12.3 Å². The van der Waals surface area contributed by atoms with Crippen LogP contribution in [0.2, 0.25) is 5.15 Å². The molecule has 0 atom stereocenters. The quantitative estimate of drug-likeness (QED) is 0.729. The van der Waals surface area contributed by atoms with E-state index in [0.717, 1.165) is 5.56 Å². The minimum Gasteiger partial charge on any atom is -0.392 e. The molecule has 0 spiro atoms. The SMILES string of the molecule is CC(C)n1cc(CO)cc1Cl. The van der Waals surface area contributed by atoms with E-state index in [4.69, 9.17) is 16.7 Å². The van der Waals surface area contributed by atoms with E-state index in [1.165, 1.54) is 0 Å². The number of aliphatic hydroxyl groups excluding tert-OH is 1. The molecule has 1 aromatic heterocycles. The summed E-state index contributed by atoms with van der Waals surface area (Å²) in [7, 11) is 0. The summed E-state index contributed by atoms with van der Waals surface area (Å²) < 4.78 is 1.92. The van der Waals surface area contributed by atoms with E-state index < -0.39 is 0 Å². The Labute approximate surface area is 71.4 Å². The van der Waals surface area contributed by atoms with Gasteiger partial charge in [0.05, 0.1) is 6.61 Å². The predicted molar refractivity (Wildman–Crippen MR) is 45.7 cm³/mol. The molecule has 0 radical (unpaired) electrons. The lowest BCUT2D eigenvalue weighted by Crippen LogP contribution is -1.97. The van der Waals surface area contributed by atoms with Crippen LogP contribution < -0.4 is 0 Å². The standard InChI is InChI=1S/C8H12ClNO/c1-6(2)10-4-7(5-11)3-8(10)9/h3-4,6,11H,5H2,1-2H3. The summed E-state index contributed by atoms with van der Waals surface area (Å²) in [5, 5.41) is 9.47. The molecule has 0 aromatic carbocycles. The van der Waals surface area contributed by atoms with E-state index in [1.807, 2.05) is 24.6 Å². The third-order valence-electron chi connectivity index (χ3n) is 1.59. The van der Waals surface area contributed by atoms with Crippen molar-refractivity contribution in [1.82, 2.24) is 4.57 Å². The molecule has 1 rings (SSSR count). The first kappa shape index (κ1) is 8.62. The molecule has 2 nitrogen and oxygen atoms in total. The summed E-state index contributed by atoms with van der Waals surface area (Å²) in [5.74, 6) is 0. The van der Waals surface area contributed by atoms with Crippen molar-refractivity contribution in [2.24, 2.45) is 0 Å². The molecule has 62 valence electrons. The molecule has 0 saturated heterocycles. The number of nitrogens with zero attached hydrogens (tertiary/aromatic N) is 1. The number of aromatic nitrogens is 1. The highest BCUT2D eigenvalue weighted by Gasteiger charge is 2.04. The normalized spacial score (nSPS) is 11.0. The summed E-state index contributed by atoms with van der Waals surface area (Å²) in [6.07, 6.45) is 1.87. The van der Waals surface area contributed by atoms with Gasteiger partial charge < -0.3 is 9.67 Å². The van der Waals surface area contributed by atoms with Gasteiger partial charge in [-0.2, -0.15) is 0 Å². The summed E-state index contributed by atoms with van der Waals surface area (Å²) in [5.41, 5.74) is 0.865. The molecule has 0 saturated carbocycles. The maximum Gasteiger partial charge on any atom is 0.109 e. The van der Waals surface area contributed by atoms with Gasteiger partial charge in [0.15, 0.2) is 0 Å². The van der Waals surface area contributed by atoms with E-state index in [9.17, 15) is 0 Å². The molecule has 0 aliphatic heterocycles. The third-order valence-corrected chi connectivity index (χ3v) is 1.90. The van der Waals surface area contributed by atoms with Crippen molar-refractivity contribution >= 4 is 11.6 Å². The Kier molecular flexibility index (Phi) is 2.58. The molecule has 1 N–H and O–H groups in total. The van der Waals surface area contributed by atoms with Crippen LogP contribution in [0.3, 0.4) is 0 Å². The van der Waals surface area contributed by atoms with Gasteiger partial charge in [-0.3, -0.25) is 0 Å². The first-order chi connectivity index (χ1) is 5.15. The van der Waals surface area contributed by atoms with Gasteiger partial charge in [0.2, 0.25) is 0 Å². The molecule has 0 amide bonds. The lowest BCUT2D eigenvalue weighted by atomic mass is 10.4. The van der Waals surface area contributed by atoms with Crippen molar-refractivity contribution in [2.45, 2.75) is 26.5 Å². The third kappa shape index (κ3) is 1.76. The molecule has 1 aromatic rings. The monoisotopic (exact) mass is 173 g/mol. The lowest BCUT2D eigenvalue weighted by Gasteiger charge is -2.07. The summed E-state index contributed by atoms with van der Waals surface area (Å²) >= 11 is 5.87. The fourth-order valence-electron chi connectivity index (χ4n) is 0.987. The van der Waals surface area contributed by atoms with Gasteiger partial charge >= 0.3 is 0 Å². The van der Waals surface area contributed by atoms with Crippen molar-refractivity contribution in [3.63, 3.8) is 0 Å². The predicted octanol–water partition coefficient (Wildman–Crippen LogP) is 2.21. The van der Waals surface area contributed by atoms with Gasteiger partial charge in [-0.25, -0.2) is 0 Å². The van der Waals surface area contributed by atoms with Gasteiger partial charge in [-0.1, -0.05) is 11.6 Å². The van der Waals surface area contributed by atoms with Gasteiger partial charge in [0, 0.05) is 12.2 Å². The van der Waals surface area contributed by atoms with E-state index in [2.05, 4.69) is 0 Å². The van der Waals surface area contributed by atoms with Crippen molar-refractivity contribution in [3.05, 3.63) is 23.0 Å². The largest absolute Gasteiger partial charge is 0.392 e. The number of rotatable bonds is 2. The van der Waals surface area contributed by atoms with E-state index in [0.29, 0.717) is 11.2 Å². The van der Waals surface area contributed by atoms with Crippen molar-refractivity contribution in [3.8, 4) is 0 Å². The van der Waals surface area contributed by atoms with Crippen LogP contribution in [-0.4, -0.2) is 9.67 Å². The average Bonchev–Trinajstić information content (AvgIpc) is 2.30. The number of halogens is 1. The van der Waals surface area contributed by atoms with Crippen LogP contribution in [-0.2, 0) is 6.61 Å². The molecule has 1 heterocycles. The number of hydrogen-bond donors (Lipinski definition) is 1. The first-order valence-electron chi connectivity index (χ1n) is 3.62. The Hall–Kier alpha value is -0.470. The summed E-state index contributed by atoms with van der Waals surface area (Å²) in [6, 6.07) is 2.13. The van der Waals surface area contributed by atoms with Crippen LogP contribution in [0, 0.1) is 0 Å². The molecule has 11 heavy (non-hydrogen) atoms. The summed E-state index contributed by atoms with van der Waals surface area (Å²) in [6.45, 7) is 4.15. The molecule has 0 bridgehead atoms. The lowest BCUT2D eigenvalue weighted by molar-refractivity contribution is 0.281. The highest BCUT2D eigenvalue weighted by Crippen LogP contribution is 2.19. The Morgan fingerprint density at radius 3 is 2.55 bits per heavy atom. The molecule has 0 unspecified atom stereocenters.